The fraction of sp³-hybridized carbons (Fsp3) is 0.467. The number of hydrogen-bond acceptors (Lipinski definition) is 3. The normalized spacial score (nSPS) is 15.7. The van der Waals surface area contributed by atoms with Gasteiger partial charge >= 0.3 is 5.97 Å². The maximum Gasteiger partial charge on any atom is 0.316 e. The Kier molecular flexibility index (Phi) is 4.70. The number of thioether (sulfide) groups is 1. The number of hydrogen-bond donors (Lipinski definition) is 1. The predicted molar refractivity (Wildman–Crippen MR) is 79.1 cm³/mol. The van der Waals surface area contributed by atoms with E-state index in [1.165, 1.54) is 24.6 Å². The molecule has 1 aliphatic carbocycles. The Labute approximate surface area is 123 Å². The maximum absolute atomic E-state index is 12.4. The topological polar surface area (TPSA) is 57.6 Å². The van der Waals surface area contributed by atoms with Crippen LogP contribution < -0.4 is 0 Å². The quantitative estimate of drug-likeness (QED) is 0.819. The molecule has 1 amide bonds. The summed E-state index contributed by atoms with van der Waals surface area (Å²) in [6, 6.07) is 7.22. The first kappa shape index (κ1) is 14.9. The number of rotatable bonds is 6. The SMILES string of the molecule is CC(Sc1ccccc1C(=O)N(C)CC1CC1)C(=O)O. The van der Waals surface area contributed by atoms with E-state index in [0.717, 1.165) is 11.4 Å². The van der Waals surface area contributed by atoms with Gasteiger partial charge in [-0.3, -0.25) is 9.59 Å². The Balaban J connectivity index is 2.13. The number of aliphatic carboxylic acids is 1. The molecule has 108 valence electrons. The molecule has 0 aliphatic heterocycles. The third-order valence-electron chi connectivity index (χ3n) is 3.34. The number of benzene rings is 1. The molecule has 1 atom stereocenters. The van der Waals surface area contributed by atoms with Gasteiger partial charge in [-0.15, -0.1) is 11.8 Å². The minimum atomic E-state index is -0.872. The van der Waals surface area contributed by atoms with Gasteiger partial charge < -0.3 is 10.0 Å². The van der Waals surface area contributed by atoms with Gasteiger partial charge in [0.15, 0.2) is 0 Å². The first-order chi connectivity index (χ1) is 9.49. The zero-order valence-corrected chi connectivity index (χ0v) is 12.5. The summed E-state index contributed by atoms with van der Waals surface area (Å²) in [5.41, 5.74) is 0.591. The van der Waals surface area contributed by atoms with Gasteiger partial charge in [-0.05, 0) is 37.8 Å². The molecule has 0 saturated heterocycles. The standard InChI is InChI=1S/C15H19NO3S/c1-10(15(18)19)20-13-6-4-3-5-12(13)14(17)16(2)9-11-7-8-11/h3-6,10-11H,7-9H2,1-2H3,(H,18,19). The summed E-state index contributed by atoms with van der Waals surface area (Å²) in [6.07, 6.45) is 2.40. The summed E-state index contributed by atoms with van der Waals surface area (Å²) >= 11 is 1.21. The van der Waals surface area contributed by atoms with E-state index in [1.807, 2.05) is 25.2 Å². The van der Waals surface area contributed by atoms with Gasteiger partial charge in [0.2, 0.25) is 0 Å². The third-order valence-corrected chi connectivity index (χ3v) is 4.51. The Hall–Kier alpha value is -1.49. The lowest BCUT2D eigenvalue weighted by Crippen LogP contribution is -2.29. The second kappa shape index (κ2) is 6.31. The molecule has 0 bridgehead atoms. The van der Waals surface area contributed by atoms with Gasteiger partial charge in [-0.1, -0.05) is 12.1 Å². The molecule has 0 aromatic heterocycles. The number of carbonyl (C=O) groups is 2. The first-order valence-electron chi connectivity index (χ1n) is 6.73. The minimum absolute atomic E-state index is 0.0300. The van der Waals surface area contributed by atoms with E-state index >= 15 is 0 Å². The van der Waals surface area contributed by atoms with E-state index in [-0.39, 0.29) is 5.91 Å². The highest BCUT2D eigenvalue weighted by Crippen LogP contribution is 2.31. The summed E-state index contributed by atoms with van der Waals surface area (Å²) in [4.78, 5) is 25.9. The van der Waals surface area contributed by atoms with Crippen molar-refractivity contribution < 1.29 is 14.7 Å². The molecule has 1 N–H and O–H groups in total. The van der Waals surface area contributed by atoms with Crippen LogP contribution in [0, 0.1) is 5.92 Å². The number of amides is 1. The summed E-state index contributed by atoms with van der Waals surface area (Å²) in [5.74, 6) is -0.261. The fourth-order valence-corrected chi connectivity index (χ4v) is 2.88. The van der Waals surface area contributed by atoms with Crippen LogP contribution in [0.1, 0.15) is 30.1 Å². The van der Waals surface area contributed by atoms with Crippen LogP contribution in [0.15, 0.2) is 29.2 Å². The van der Waals surface area contributed by atoms with Crippen LogP contribution in [-0.4, -0.2) is 40.7 Å². The van der Waals surface area contributed by atoms with E-state index in [0.29, 0.717) is 11.5 Å². The van der Waals surface area contributed by atoms with Crippen LogP contribution in [0.3, 0.4) is 0 Å². The summed E-state index contributed by atoms with van der Waals surface area (Å²) in [5, 5.41) is 8.42. The van der Waals surface area contributed by atoms with Crippen LogP contribution in [0.2, 0.25) is 0 Å². The molecule has 1 aliphatic rings. The van der Waals surface area contributed by atoms with Gasteiger partial charge in [-0.2, -0.15) is 0 Å². The van der Waals surface area contributed by atoms with Crippen LogP contribution in [0.4, 0.5) is 0 Å². The van der Waals surface area contributed by atoms with E-state index in [1.54, 1.807) is 17.9 Å². The zero-order valence-electron chi connectivity index (χ0n) is 11.7. The van der Waals surface area contributed by atoms with Crippen LogP contribution in [0.25, 0.3) is 0 Å². The lowest BCUT2D eigenvalue weighted by Gasteiger charge is -2.19. The van der Waals surface area contributed by atoms with Gasteiger partial charge in [0.05, 0.1) is 5.56 Å². The van der Waals surface area contributed by atoms with Crippen molar-refractivity contribution in [2.75, 3.05) is 13.6 Å². The number of carboxylic acid groups (broad SMARTS) is 1. The summed E-state index contributed by atoms with van der Waals surface area (Å²) in [7, 11) is 1.81. The highest BCUT2D eigenvalue weighted by atomic mass is 32.2. The van der Waals surface area contributed by atoms with Crippen molar-refractivity contribution in [1.29, 1.82) is 0 Å². The van der Waals surface area contributed by atoms with Gasteiger partial charge in [0.1, 0.15) is 5.25 Å². The van der Waals surface area contributed by atoms with Crippen LogP contribution >= 0.6 is 11.8 Å². The molecule has 1 fully saturated rings. The predicted octanol–water partition coefficient (Wildman–Crippen LogP) is 2.73. The molecule has 20 heavy (non-hydrogen) atoms. The Morgan fingerprint density at radius 1 is 1.40 bits per heavy atom. The smallest absolute Gasteiger partial charge is 0.316 e. The van der Waals surface area contributed by atoms with Crippen molar-refractivity contribution in [2.24, 2.45) is 5.92 Å². The van der Waals surface area contributed by atoms with Crippen molar-refractivity contribution in [3.63, 3.8) is 0 Å². The fourth-order valence-electron chi connectivity index (χ4n) is 1.96. The van der Waals surface area contributed by atoms with E-state index in [2.05, 4.69) is 0 Å². The van der Waals surface area contributed by atoms with Crippen molar-refractivity contribution in [2.45, 2.75) is 29.9 Å². The minimum Gasteiger partial charge on any atom is -0.480 e. The maximum atomic E-state index is 12.4. The van der Waals surface area contributed by atoms with Gasteiger partial charge in [0.25, 0.3) is 5.91 Å². The molecule has 4 nitrogen and oxygen atoms in total. The highest BCUT2D eigenvalue weighted by Gasteiger charge is 2.26. The molecule has 1 aromatic carbocycles. The second-order valence-electron chi connectivity index (χ2n) is 5.22. The molecule has 0 radical (unpaired) electrons. The lowest BCUT2D eigenvalue weighted by molar-refractivity contribution is -0.136. The van der Waals surface area contributed by atoms with Crippen LogP contribution in [0.5, 0.6) is 0 Å². The number of nitrogens with zero attached hydrogens (tertiary/aromatic N) is 1. The Morgan fingerprint density at radius 3 is 2.65 bits per heavy atom. The summed E-state index contributed by atoms with van der Waals surface area (Å²) < 4.78 is 0. The molecule has 1 aromatic rings. The lowest BCUT2D eigenvalue weighted by atomic mass is 10.2. The number of carbonyl (C=O) groups excluding carboxylic acids is 1. The molecular weight excluding hydrogens is 274 g/mol. The van der Waals surface area contributed by atoms with E-state index < -0.39 is 11.2 Å². The molecule has 5 heteroatoms. The van der Waals surface area contributed by atoms with Crippen molar-refractivity contribution >= 4 is 23.6 Å². The second-order valence-corrected chi connectivity index (χ2v) is 6.61. The van der Waals surface area contributed by atoms with Crippen molar-refractivity contribution in [3.8, 4) is 0 Å². The van der Waals surface area contributed by atoms with Crippen molar-refractivity contribution in [3.05, 3.63) is 29.8 Å². The highest BCUT2D eigenvalue weighted by molar-refractivity contribution is 8.00. The average Bonchev–Trinajstić information content (AvgIpc) is 3.22. The average molecular weight is 293 g/mol. The zero-order chi connectivity index (χ0) is 14.7. The summed E-state index contributed by atoms with van der Waals surface area (Å²) in [6.45, 7) is 2.41. The molecule has 2 rings (SSSR count). The first-order valence-corrected chi connectivity index (χ1v) is 7.61. The van der Waals surface area contributed by atoms with E-state index in [4.69, 9.17) is 5.11 Å². The molecule has 1 unspecified atom stereocenters. The molecular formula is C15H19NO3S. The largest absolute Gasteiger partial charge is 0.480 e. The molecule has 1 saturated carbocycles. The number of carboxylic acids is 1. The van der Waals surface area contributed by atoms with E-state index in [9.17, 15) is 9.59 Å². The monoisotopic (exact) mass is 293 g/mol. The molecule has 0 heterocycles. The van der Waals surface area contributed by atoms with Gasteiger partial charge in [-0.25, -0.2) is 0 Å². The van der Waals surface area contributed by atoms with Crippen molar-refractivity contribution in [1.82, 2.24) is 4.90 Å². The molecule has 0 spiro atoms. The van der Waals surface area contributed by atoms with Gasteiger partial charge in [0, 0.05) is 18.5 Å². The Morgan fingerprint density at radius 2 is 2.05 bits per heavy atom. The Bertz CT molecular complexity index is 514. The van der Waals surface area contributed by atoms with Crippen LogP contribution in [-0.2, 0) is 4.79 Å². The third kappa shape index (κ3) is 3.76.